The summed E-state index contributed by atoms with van der Waals surface area (Å²) in [6.07, 6.45) is 6.20. The van der Waals surface area contributed by atoms with Crippen molar-refractivity contribution in [1.82, 2.24) is 10.2 Å². The first-order valence-electron chi connectivity index (χ1n) is 9.39. The van der Waals surface area contributed by atoms with Gasteiger partial charge in [0.05, 0.1) is 0 Å². The third-order valence-corrected chi connectivity index (χ3v) is 5.42. The summed E-state index contributed by atoms with van der Waals surface area (Å²) < 4.78 is 13.7. The number of amides is 1. The topological polar surface area (TPSA) is 32.3 Å². The van der Waals surface area contributed by atoms with Gasteiger partial charge >= 0.3 is 0 Å². The van der Waals surface area contributed by atoms with Crippen molar-refractivity contribution in [2.75, 3.05) is 19.6 Å². The van der Waals surface area contributed by atoms with E-state index in [0.717, 1.165) is 38.4 Å². The van der Waals surface area contributed by atoms with E-state index < -0.39 is 0 Å². The van der Waals surface area contributed by atoms with E-state index in [4.69, 9.17) is 0 Å². The molecule has 0 bridgehead atoms. The zero-order valence-electron chi connectivity index (χ0n) is 15.0. The van der Waals surface area contributed by atoms with Gasteiger partial charge < -0.3 is 10.2 Å². The Morgan fingerprint density at radius 1 is 1.24 bits per heavy atom. The standard InChI is InChI=1S/C20H29FN2O.ClH/c1-15(6-9-17-4-2-3-5-19(17)21)20(24)23-12-10-18(11-13-23)22-14-16-7-8-16;/h2-5,15-16,18,22H,6-14H2,1H3;1H. The van der Waals surface area contributed by atoms with Gasteiger partial charge in [0, 0.05) is 25.0 Å². The van der Waals surface area contributed by atoms with E-state index in [0.29, 0.717) is 24.4 Å². The molecule has 2 fully saturated rings. The molecule has 1 aliphatic carbocycles. The molecule has 1 saturated carbocycles. The van der Waals surface area contributed by atoms with Crippen molar-refractivity contribution in [3.8, 4) is 0 Å². The largest absolute Gasteiger partial charge is 0.342 e. The van der Waals surface area contributed by atoms with Gasteiger partial charge in [-0.1, -0.05) is 25.1 Å². The minimum absolute atomic E-state index is 0. The maximum atomic E-state index is 13.7. The highest BCUT2D eigenvalue weighted by Crippen LogP contribution is 2.28. The Bertz CT molecular complexity index is 556. The highest BCUT2D eigenvalue weighted by atomic mass is 35.5. The van der Waals surface area contributed by atoms with E-state index >= 15 is 0 Å². The zero-order chi connectivity index (χ0) is 16.9. The van der Waals surface area contributed by atoms with Crippen molar-refractivity contribution < 1.29 is 9.18 Å². The van der Waals surface area contributed by atoms with Crippen molar-refractivity contribution >= 4 is 18.3 Å². The minimum Gasteiger partial charge on any atom is -0.342 e. The van der Waals surface area contributed by atoms with Gasteiger partial charge in [0.15, 0.2) is 0 Å². The summed E-state index contributed by atoms with van der Waals surface area (Å²) in [5.41, 5.74) is 0.708. The second kappa shape index (κ2) is 9.54. The Morgan fingerprint density at radius 2 is 1.92 bits per heavy atom. The molecule has 140 valence electrons. The summed E-state index contributed by atoms with van der Waals surface area (Å²) in [5.74, 6) is 0.926. The summed E-state index contributed by atoms with van der Waals surface area (Å²) in [7, 11) is 0. The van der Waals surface area contributed by atoms with Crippen molar-refractivity contribution in [2.24, 2.45) is 11.8 Å². The summed E-state index contributed by atoms with van der Waals surface area (Å²) in [5, 5.41) is 3.65. The van der Waals surface area contributed by atoms with Crippen LogP contribution in [0, 0.1) is 17.7 Å². The summed E-state index contributed by atoms with van der Waals surface area (Å²) in [6, 6.07) is 7.42. The van der Waals surface area contributed by atoms with E-state index in [1.165, 1.54) is 18.9 Å². The van der Waals surface area contributed by atoms with Gasteiger partial charge in [0.2, 0.25) is 5.91 Å². The van der Waals surface area contributed by atoms with Crippen LogP contribution >= 0.6 is 12.4 Å². The van der Waals surface area contributed by atoms with Crippen LogP contribution in [0.2, 0.25) is 0 Å². The number of halogens is 2. The second-order valence-corrected chi connectivity index (χ2v) is 7.48. The Balaban J connectivity index is 0.00000225. The van der Waals surface area contributed by atoms with E-state index in [-0.39, 0.29) is 30.0 Å². The van der Waals surface area contributed by atoms with E-state index in [1.807, 2.05) is 24.0 Å². The van der Waals surface area contributed by atoms with Gasteiger partial charge in [0.25, 0.3) is 0 Å². The highest BCUT2D eigenvalue weighted by molar-refractivity contribution is 5.85. The van der Waals surface area contributed by atoms with Crippen LogP contribution in [0.3, 0.4) is 0 Å². The van der Waals surface area contributed by atoms with E-state index in [9.17, 15) is 9.18 Å². The average molecular weight is 369 g/mol. The lowest BCUT2D eigenvalue weighted by Gasteiger charge is -2.34. The van der Waals surface area contributed by atoms with Crippen LogP contribution in [0.15, 0.2) is 24.3 Å². The fourth-order valence-corrected chi connectivity index (χ4v) is 3.47. The number of carbonyl (C=O) groups is 1. The number of carbonyl (C=O) groups excluding carboxylic acids is 1. The molecule has 1 saturated heterocycles. The fourth-order valence-electron chi connectivity index (χ4n) is 3.47. The number of benzene rings is 1. The molecular formula is C20H30ClFN2O. The van der Waals surface area contributed by atoms with Crippen LogP contribution in [0.5, 0.6) is 0 Å². The van der Waals surface area contributed by atoms with Gasteiger partial charge in [-0.2, -0.15) is 0 Å². The molecule has 5 heteroatoms. The van der Waals surface area contributed by atoms with E-state index in [2.05, 4.69) is 5.32 Å². The van der Waals surface area contributed by atoms with Gasteiger partial charge in [-0.3, -0.25) is 4.79 Å². The normalized spacial score (nSPS) is 19.4. The molecule has 1 N–H and O–H groups in total. The molecule has 1 unspecified atom stereocenters. The lowest BCUT2D eigenvalue weighted by Crippen LogP contribution is -2.46. The molecule has 1 aliphatic heterocycles. The van der Waals surface area contributed by atoms with Crippen molar-refractivity contribution in [1.29, 1.82) is 0 Å². The molecule has 0 spiro atoms. The van der Waals surface area contributed by atoms with Crippen LogP contribution < -0.4 is 5.32 Å². The fraction of sp³-hybridized carbons (Fsp3) is 0.650. The van der Waals surface area contributed by atoms with Gasteiger partial charge in [-0.05, 0) is 62.6 Å². The number of nitrogens with one attached hydrogen (secondary N) is 1. The Hall–Kier alpha value is -1.13. The van der Waals surface area contributed by atoms with E-state index in [1.54, 1.807) is 6.07 Å². The first-order valence-corrected chi connectivity index (χ1v) is 9.39. The first kappa shape index (κ1) is 20.2. The summed E-state index contributed by atoms with van der Waals surface area (Å²) in [4.78, 5) is 14.6. The average Bonchev–Trinajstić information content (AvgIpc) is 3.43. The maximum absolute atomic E-state index is 13.7. The van der Waals surface area contributed by atoms with Crippen LogP contribution in [0.4, 0.5) is 4.39 Å². The molecule has 1 heterocycles. The maximum Gasteiger partial charge on any atom is 0.225 e. The third-order valence-electron chi connectivity index (χ3n) is 5.42. The van der Waals surface area contributed by atoms with Crippen LogP contribution in [0.1, 0.15) is 44.6 Å². The molecule has 3 nitrogen and oxygen atoms in total. The van der Waals surface area contributed by atoms with Gasteiger partial charge in [0.1, 0.15) is 5.82 Å². The number of piperidine rings is 1. The Kier molecular flexibility index (Phi) is 7.70. The summed E-state index contributed by atoms with van der Waals surface area (Å²) >= 11 is 0. The molecule has 1 aromatic rings. The first-order chi connectivity index (χ1) is 11.6. The predicted octanol–water partition coefficient (Wildman–Crippen LogP) is 3.81. The van der Waals surface area contributed by atoms with Gasteiger partial charge in [-0.15, -0.1) is 12.4 Å². The smallest absolute Gasteiger partial charge is 0.225 e. The highest BCUT2D eigenvalue weighted by Gasteiger charge is 2.27. The number of rotatable bonds is 7. The Labute approximate surface area is 156 Å². The zero-order valence-corrected chi connectivity index (χ0v) is 15.9. The molecule has 1 amide bonds. The van der Waals surface area contributed by atoms with Crippen LogP contribution in [-0.4, -0.2) is 36.5 Å². The van der Waals surface area contributed by atoms with Crippen LogP contribution in [-0.2, 0) is 11.2 Å². The molecule has 1 aromatic carbocycles. The lowest BCUT2D eigenvalue weighted by atomic mass is 9.97. The second-order valence-electron chi connectivity index (χ2n) is 7.48. The number of aryl methyl sites for hydroxylation is 1. The molecule has 3 rings (SSSR count). The molecular weight excluding hydrogens is 339 g/mol. The predicted molar refractivity (Wildman–Crippen MR) is 101 cm³/mol. The molecule has 1 atom stereocenters. The minimum atomic E-state index is -0.167. The van der Waals surface area contributed by atoms with Crippen LogP contribution in [0.25, 0.3) is 0 Å². The lowest BCUT2D eigenvalue weighted by molar-refractivity contribution is -0.136. The quantitative estimate of drug-likeness (QED) is 0.793. The number of hydrogen-bond donors (Lipinski definition) is 1. The molecule has 25 heavy (non-hydrogen) atoms. The number of likely N-dealkylation sites (tertiary alicyclic amines) is 1. The monoisotopic (exact) mass is 368 g/mol. The van der Waals surface area contributed by atoms with Gasteiger partial charge in [-0.25, -0.2) is 4.39 Å². The Morgan fingerprint density at radius 3 is 2.56 bits per heavy atom. The van der Waals surface area contributed by atoms with Crippen molar-refractivity contribution in [3.63, 3.8) is 0 Å². The third kappa shape index (κ3) is 5.96. The number of nitrogens with zero attached hydrogens (tertiary/aromatic N) is 1. The van der Waals surface area contributed by atoms with Crippen molar-refractivity contribution in [3.05, 3.63) is 35.6 Å². The molecule has 0 aromatic heterocycles. The van der Waals surface area contributed by atoms with Crippen molar-refractivity contribution in [2.45, 2.75) is 51.5 Å². The summed E-state index contributed by atoms with van der Waals surface area (Å²) in [6.45, 7) is 4.83. The number of hydrogen-bond acceptors (Lipinski definition) is 2. The SMILES string of the molecule is CC(CCc1ccccc1F)C(=O)N1CCC(NCC2CC2)CC1.Cl. The molecule has 2 aliphatic rings. The molecule has 0 radical (unpaired) electrons.